The summed E-state index contributed by atoms with van der Waals surface area (Å²) in [5.74, 6) is -0.722. The van der Waals surface area contributed by atoms with Crippen LogP contribution in [0.3, 0.4) is 0 Å². The second-order valence-electron chi connectivity index (χ2n) is 4.21. The standard InChI is InChI=1S/C13H10N6O2/c14-9-6-10(13(20)21)12(15-7-9)19-17-11(16-18-19)8-4-2-1-3-5-8/h1-7H,14H2,(H,20,21). The van der Waals surface area contributed by atoms with Gasteiger partial charge in [0.1, 0.15) is 5.56 Å². The smallest absolute Gasteiger partial charge is 0.339 e. The number of carbonyl (C=O) groups is 1. The van der Waals surface area contributed by atoms with Crippen molar-refractivity contribution in [3.05, 3.63) is 48.2 Å². The minimum absolute atomic E-state index is 0.0615. The zero-order valence-corrected chi connectivity index (χ0v) is 10.7. The number of aromatic carboxylic acids is 1. The van der Waals surface area contributed by atoms with Crippen molar-refractivity contribution in [1.29, 1.82) is 0 Å². The van der Waals surface area contributed by atoms with Crippen molar-refractivity contribution in [3.8, 4) is 17.2 Å². The van der Waals surface area contributed by atoms with Gasteiger partial charge in [-0.1, -0.05) is 30.3 Å². The average Bonchev–Trinajstić information content (AvgIpc) is 2.97. The quantitative estimate of drug-likeness (QED) is 0.735. The molecule has 0 saturated carbocycles. The third-order valence-electron chi connectivity index (χ3n) is 2.75. The van der Waals surface area contributed by atoms with Crippen molar-refractivity contribution < 1.29 is 9.90 Å². The zero-order valence-electron chi connectivity index (χ0n) is 10.7. The number of tetrazole rings is 1. The van der Waals surface area contributed by atoms with Gasteiger partial charge in [-0.3, -0.25) is 0 Å². The summed E-state index contributed by atoms with van der Waals surface area (Å²) >= 11 is 0. The van der Waals surface area contributed by atoms with Gasteiger partial charge in [0.25, 0.3) is 0 Å². The molecule has 21 heavy (non-hydrogen) atoms. The molecule has 3 rings (SSSR count). The fraction of sp³-hybridized carbons (Fsp3) is 0. The molecule has 8 heteroatoms. The molecular weight excluding hydrogens is 272 g/mol. The molecule has 0 unspecified atom stereocenters. The first-order valence-corrected chi connectivity index (χ1v) is 6.00. The highest BCUT2D eigenvalue weighted by Gasteiger charge is 2.17. The molecule has 0 atom stereocenters. The molecule has 0 spiro atoms. The van der Waals surface area contributed by atoms with Crippen LogP contribution in [-0.2, 0) is 0 Å². The van der Waals surface area contributed by atoms with Gasteiger partial charge in [-0.2, -0.15) is 0 Å². The molecule has 0 amide bonds. The molecule has 3 N–H and O–H groups in total. The van der Waals surface area contributed by atoms with E-state index in [1.807, 2.05) is 30.3 Å². The Bertz CT molecular complexity index is 799. The number of nitrogens with zero attached hydrogens (tertiary/aromatic N) is 5. The number of rotatable bonds is 3. The highest BCUT2D eigenvalue weighted by molar-refractivity contribution is 5.91. The summed E-state index contributed by atoms with van der Waals surface area (Å²) in [5.41, 5.74) is 6.48. The van der Waals surface area contributed by atoms with Crippen molar-refractivity contribution >= 4 is 11.7 Å². The molecule has 0 aliphatic rings. The van der Waals surface area contributed by atoms with Gasteiger partial charge in [-0.15, -0.1) is 15.0 Å². The van der Waals surface area contributed by atoms with Gasteiger partial charge in [-0.05, 0) is 11.3 Å². The van der Waals surface area contributed by atoms with Crippen LogP contribution in [0, 0.1) is 0 Å². The molecule has 0 saturated heterocycles. The summed E-state index contributed by atoms with van der Waals surface area (Å²) in [5, 5.41) is 21.1. The number of nitrogens with two attached hydrogens (primary N) is 1. The molecule has 2 heterocycles. The van der Waals surface area contributed by atoms with Crippen LogP contribution in [0.25, 0.3) is 17.2 Å². The first-order chi connectivity index (χ1) is 10.1. The normalized spacial score (nSPS) is 10.5. The van der Waals surface area contributed by atoms with E-state index in [0.717, 1.165) is 10.4 Å². The Morgan fingerprint density at radius 3 is 2.71 bits per heavy atom. The van der Waals surface area contributed by atoms with Crippen LogP contribution in [0.15, 0.2) is 42.6 Å². The third-order valence-corrected chi connectivity index (χ3v) is 2.75. The number of aromatic nitrogens is 5. The Balaban J connectivity index is 2.07. The molecule has 0 aliphatic carbocycles. The SMILES string of the molecule is Nc1cnc(-n2nnc(-c3ccccc3)n2)c(C(=O)O)c1. The minimum atomic E-state index is -1.16. The summed E-state index contributed by atoms with van der Waals surface area (Å²) < 4.78 is 0. The van der Waals surface area contributed by atoms with E-state index in [0.29, 0.717) is 5.82 Å². The van der Waals surface area contributed by atoms with Gasteiger partial charge in [0.15, 0.2) is 5.82 Å². The molecule has 2 aromatic heterocycles. The van der Waals surface area contributed by atoms with Crippen LogP contribution in [0.2, 0.25) is 0 Å². The third kappa shape index (κ3) is 2.41. The lowest BCUT2D eigenvalue weighted by Crippen LogP contribution is -2.11. The van der Waals surface area contributed by atoms with Crippen LogP contribution in [0.4, 0.5) is 5.69 Å². The second kappa shape index (κ2) is 5.00. The van der Waals surface area contributed by atoms with Gasteiger partial charge < -0.3 is 10.8 Å². The number of hydrogen-bond donors (Lipinski definition) is 2. The van der Waals surface area contributed by atoms with E-state index < -0.39 is 5.97 Å². The highest BCUT2D eigenvalue weighted by atomic mass is 16.4. The number of benzene rings is 1. The lowest BCUT2D eigenvalue weighted by Gasteiger charge is -2.03. The van der Waals surface area contributed by atoms with Crippen molar-refractivity contribution in [3.63, 3.8) is 0 Å². The Hall–Kier alpha value is -3.29. The number of hydrogen-bond acceptors (Lipinski definition) is 6. The summed E-state index contributed by atoms with van der Waals surface area (Å²) in [7, 11) is 0. The Morgan fingerprint density at radius 2 is 2.00 bits per heavy atom. The van der Waals surface area contributed by atoms with E-state index in [2.05, 4.69) is 20.4 Å². The fourth-order valence-electron chi connectivity index (χ4n) is 1.80. The predicted octanol–water partition coefficient (Wildman–Crippen LogP) is 1.00. The molecule has 0 bridgehead atoms. The van der Waals surface area contributed by atoms with Gasteiger partial charge in [0.2, 0.25) is 5.82 Å². The summed E-state index contributed by atoms with van der Waals surface area (Å²) in [4.78, 5) is 16.3. The molecule has 0 aliphatic heterocycles. The summed E-state index contributed by atoms with van der Waals surface area (Å²) in [6.45, 7) is 0. The predicted molar refractivity (Wildman–Crippen MR) is 73.8 cm³/mol. The zero-order chi connectivity index (χ0) is 14.8. The maximum Gasteiger partial charge on any atom is 0.339 e. The van der Waals surface area contributed by atoms with Crippen molar-refractivity contribution in [2.45, 2.75) is 0 Å². The van der Waals surface area contributed by atoms with Crippen LogP contribution in [0.5, 0.6) is 0 Å². The van der Waals surface area contributed by atoms with Crippen molar-refractivity contribution in [2.24, 2.45) is 0 Å². The Labute approximate surface area is 118 Å². The van der Waals surface area contributed by atoms with Crippen molar-refractivity contribution in [2.75, 3.05) is 5.73 Å². The van der Waals surface area contributed by atoms with E-state index in [-0.39, 0.29) is 17.1 Å². The lowest BCUT2D eigenvalue weighted by molar-refractivity contribution is 0.0696. The molecule has 104 valence electrons. The molecule has 1 aromatic carbocycles. The van der Waals surface area contributed by atoms with Gasteiger partial charge in [0, 0.05) is 5.56 Å². The molecule has 0 radical (unpaired) electrons. The molecule has 3 aromatic rings. The van der Waals surface area contributed by atoms with E-state index in [4.69, 9.17) is 5.73 Å². The van der Waals surface area contributed by atoms with Crippen LogP contribution in [-0.4, -0.2) is 36.3 Å². The largest absolute Gasteiger partial charge is 0.478 e. The van der Waals surface area contributed by atoms with E-state index in [1.165, 1.54) is 12.3 Å². The lowest BCUT2D eigenvalue weighted by atomic mass is 10.2. The summed E-state index contributed by atoms with van der Waals surface area (Å²) in [6.07, 6.45) is 1.34. The van der Waals surface area contributed by atoms with E-state index >= 15 is 0 Å². The monoisotopic (exact) mass is 282 g/mol. The number of carboxylic acid groups (broad SMARTS) is 1. The van der Waals surface area contributed by atoms with Gasteiger partial charge in [0.05, 0.1) is 11.9 Å². The van der Waals surface area contributed by atoms with Gasteiger partial charge >= 0.3 is 5.97 Å². The van der Waals surface area contributed by atoms with Crippen LogP contribution in [0.1, 0.15) is 10.4 Å². The minimum Gasteiger partial charge on any atom is -0.478 e. The highest BCUT2D eigenvalue weighted by Crippen LogP contribution is 2.16. The van der Waals surface area contributed by atoms with Crippen molar-refractivity contribution in [1.82, 2.24) is 25.2 Å². The van der Waals surface area contributed by atoms with E-state index in [9.17, 15) is 9.90 Å². The fourth-order valence-corrected chi connectivity index (χ4v) is 1.80. The first kappa shape index (κ1) is 12.7. The maximum absolute atomic E-state index is 11.2. The maximum atomic E-state index is 11.2. The molecule has 0 fully saturated rings. The van der Waals surface area contributed by atoms with Gasteiger partial charge in [-0.25, -0.2) is 9.78 Å². The number of carboxylic acids is 1. The number of nitrogen functional groups attached to an aromatic ring is 1. The molecular formula is C13H10N6O2. The average molecular weight is 282 g/mol. The Morgan fingerprint density at radius 1 is 1.24 bits per heavy atom. The Kier molecular flexibility index (Phi) is 3.03. The topological polar surface area (TPSA) is 120 Å². The molecule has 8 nitrogen and oxygen atoms in total. The summed E-state index contributed by atoms with van der Waals surface area (Å²) in [6, 6.07) is 10.5. The first-order valence-electron chi connectivity index (χ1n) is 6.00. The van der Waals surface area contributed by atoms with Crippen LogP contribution < -0.4 is 5.73 Å². The van der Waals surface area contributed by atoms with E-state index in [1.54, 1.807) is 0 Å². The second-order valence-corrected chi connectivity index (χ2v) is 4.21. The number of pyridine rings is 1. The number of anilines is 1. The van der Waals surface area contributed by atoms with Crippen LogP contribution >= 0.6 is 0 Å².